The predicted octanol–water partition coefficient (Wildman–Crippen LogP) is 0.467. The van der Waals surface area contributed by atoms with Crippen molar-refractivity contribution in [1.82, 2.24) is 19.9 Å². The Morgan fingerprint density at radius 1 is 1.04 bits per heavy atom. The predicted molar refractivity (Wildman–Crippen MR) is 88.4 cm³/mol. The van der Waals surface area contributed by atoms with Crippen LogP contribution >= 0.6 is 0 Å². The van der Waals surface area contributed by atoms with Crippen LogP contribution in [0.15, 0.2) is 36.8 Å². The summed E-state index contributed by atoms with van der Waals surface area (Å²) in [6.07, 6.45) is 4.96. The van der Waals surface area contributed by atoms with Crippen LogP contribution in [0.5, 0.6) is 0 Å². The molecule has 1 N–H and O–H groups in total. The largest absolute Gasteiger partial charge is 0.337 e. The number of anilines is 2. The molecule has 2 amide bonds. The molecule has 2 aromatic rings. The van der Waals surface area contributed by atoms with Gasteiger partial charge in [-0.05, 0) is 30.7 Å². The van der Waals surface area contributed by atoms with Crippen LogP contribution in [0.1, 0.15) is 5.56 Å². The molecule has 24 heavy (non-hydrogen) atoms. The van der Waals surface area contributed by atoms with Crippen molar-refractivity contribution in [3.05, 3.63) is 42.4 Å². The number of aromatic nitrogens is 3. The van der Waals surface area contributed by atoms with E-state index in [1.165, 1.54) is 4.90 Å². The zero-order chi connectivity index (χ0) is 16.9. The number of aryl methyl sites for hydroxylation is 1. The summed E-state index contributed by atoms with van der Waals surface area (Å²) in [5, 5.41) is 2.54. The molecule has 0 unspecified atom stereocenters. The van der Waals surface area contributed by atoms with Crippen LogP contribution in [0.25, 0.3) is 0 Å². The second-order valence-corrected chi connectivity index (χ2v) is 5.50. The average Bonchev–Trinajstić information content (AvgIpc) is 2.62. The van der Waals surface area contributed by atoms with Gasteiger partial charge in [0.15, 0.2) is 0 Å². The zero-order valence-electron chi connectivity index (χ0n) is 13.3. The molecule has 1 aliphatic heterocycles. The number of hydrogen-bond acceptors (Lipinski definition) is 6. The lowest BCUT2D eigenvalue weighted by Crippen LogP contribution is -2.52. The number of rotatable bonds is 2. The molecule has 3 rings (SSSR count). The molecule has 1 fully saturated rings. The highest BCUT2D eigenvalue weighted by molar-refractivity contribution is 6.39. The van der Waals surface area contributed by atoms with Gasteiger partial charge < -0.3 is 15.1 Å². The van der Waals surface area contributed by atoms with Crippen molar-refractivity contribution in [2.45, 2.75) is 6.92 Å². The van der Waals surface area contributed by atoms with Crippen LogP contribution in [-0.4, -0.2) is 57.8 Å². The minimum Gasteiger partial charge on any atom is -0.337 e. The van der Waals surface area contributed by atoms with Crippen molar-refractivity contribution in [3.63, 3.8) is 0 Å². The lowest BCUT2D eigenvalue weighted by atomic mass is 10.3. The van der Waals surface area contributed by atoms with Gasteiger partial charge in [0.2, 0.25) is 5.95 Å². The van der Waals surface area contributed by atoms with E-state index in [0.717, 1.165) is 5.56 Å². The first-order valence-corrected chi connectivity index (χ1v) is 7.68. The van der Waals surface area contributed by atoms with Gasteiger partial charge in [-0.15, -0.1) is 0 Å². The van der Waals surface area contributed by atoms with Gasteiger partial charge in [-0.1, -0.05) is 0 Å². The van der Waals surface area contributed by atoms with E-state index in [0.29, 0.717) is 37.9 Å². The third-order valence-electron chi connectivity index (χ3n) is 3.75. The third-order valence-corrected chi connectivity index (χ3v) is 3.75. The van der Waals surface area contributed by atoms with Crippen LogP contribution in [0.2, 0.25) is 0 Å². The zero-order valence-corrected chi connectivity index (χ0v) is 13.3. The van der Waals surface area contributed by atoms with Crippen LogP contribution < -0.4 is 10.2 Å². The second kappa shape index (κ2) is 7.03. The number of carbonyl (C=O) groups is 2. The summed E-state index contributed by atoms with van der Waals surface area (Å²) >= 11 is 0. The molecule has 8 nitrogen and oxygen atoms in total. The van der Waals surface area contributed by atoms with E-state index in [4.69, 9.17) is 0 Å². The van der Waals surface area contributed by atoms with E-state index in [-0.39, 0.29) is 0 Å². The Bertz CT molecular complexity index is 728. The maximum Gasteiger partial charge on any atom is 0.315 e. The first-order chi connectivity index (χ1) is 11.6. The number of nitrogens with zero attached hydrogens (tertiary/aromatic N) is 5. The molecule has 0 radical (unpaired) electrons. The van der Waals surface area contributed by atoms with Crippen molar-refractivity contribution in [2.24, 2.45) is 0 Å². The highest BCUT2D eigenvalue weighted by atomic mass is 16.2. The number of carbonyl (C=O) groups excluding carboxylic acids is 2. The molecule has 0 bridgehead atoms. The molecule has 0 atom stereocenters. The summed E-state index contributed by atoms with van der Waals surface area (Å²) in [7, 11) is 0. The molecule has 1 aliphatic rings. The number of pyridine rings is 1. The fourth-order valence-corrected chi connectivity index (χ4v) is 2.48. The normalized spacial score (nSPS) is 14.4. The lowest BCUT2D eigenvalue weighted by Gasteiger charge is -2.34. The summed E-state index contributed by atoms with van der Waals surface area (Å²) in [4.78, 5) is 40.3. The average molecular weight is 326 g/mol. The summed E-state index contributed by atoms with van der Waals surface area (Å²) in [6, 6.07) is 5.30. The van der Waals surface area contributed by atoms with Gasteiger partial charge in [0.25, 0.3) is 0 Å². The highest BCUT2D eigenvalue weighted by Gasteiger charge is 2.27. The van der Waals surface area contributed by atoms with Crippen LogP contribution in [0.4, 0.5) is 11.8 Å². The third kappa shape index (κ3) is 3.65. The van der Waals surface area contributed by atoms with Gasteiger partial charge in [-0.3, -0.25) is 9.59 Å². The van der Waals surface area contributed by atoms with Gasteiger partial charge in [0.05, 0.1) is 0 Å². The van der Waals surface area contributed by atoms with Crippen molar-refractivity contribution in [2.75, 3.05) is 36.4 Å². The molecule has 2 aromatic heterocycles. The second-order valence-electron chi connectivity index (χ2n) is 5.50. The van der Waals surface area contributed by atoms with Gasteiger partial charge in [0.1, 0.15) is 5.82 Å². The van der Waals surface area contributed by atoms with Gasteiger partial charge in [0, 0.05) is 44.8 Å². The molecule has 0 aromatic carbocycles. The summed E-state index contributed by atoms with van der Waals surface area (Å²) in [6.45, 7) is 3.97. The van der Waals surface area contributed by atoms with Gasteiger partial charge >= 0.3 is 11.8 Å². The van der Waals surface area contributed by atoms with Crippen molar-refractivity contribution >= 4 is 23.6 Å². The molecule has 0 aliphatic carbocycles. The Hall–Kier alpha value is -3.03. The molecule has 0 spiro atoms. The van der Waals surface area contributed by atoms with E-state index < -0.39 is 11.8 Å². The molecule has 8 heteroatoms. The molecule has 124 valence electrons. The first-order valence-electron chi connectivity index (χ1n) is 7.68. The van der Waals surface area contributed by atoms with E-state index in [9.17, 15) is 9.59 Å². The quantitative estimate of drug-likeness (QED) is 0.807. The number of hydrogen-bond donors (Lipinski definition) is 1. The number of nitrogens with one attached hydrogen (secondary N) is 1. The SMILES string of the molecule is Cc1ccnc(NC(=O)C(=O)N2CCN(c3ncccn3)CC2)c1. The van der Waals surface area contributed by atoms with Crippen LogP contribution in [0, 0.1) is 6.92 Å². The minimum absolute atomic E-state index is 0.379. The summed E-state index contributed by atoms with van der Waals surface area (Å²) in [5.41, 5.74) is 0.962. The van der Waals surface area contributed by atoms with Crippen molar-refractivity contribution in [1.29, 1.82) is 0 Å². The monoisotopic (exact) mass is 326 g/mol. The number of amides is 2. The van der Waals surface area contributed by atoms with E-state index in [1.54, 1.807) is 30.7 Å². The standard InChI is InChI=1S/C16H18N6O2/c1-12-3-6-17-13(11-12)20-14(23)15(24)21-7-9-22(10-8-21)16-18-4-2-5-19-16/h2-6,11H,7-10H2,1H3,(H,17,20,23). The van der Waals surface area contributed by atoms with Crippen LogP contribution in [0.3, 0.4) is 0 Å². The molecule has 0 saturated carbocycles. The Kier molecular flexibility index (Phi) is 4.64. The first kappa shape index (κ1) is 15.9. The topological polar surface area (TPSA) is 91.3 Å². The maximum absolute atomic E-state index is 12.3. The van der Waals surface area contributed by atoms with Crippen LogP contribution in [-0.2, 0) is 9.59 Å². The summed E-state index contributed by atoms with van der Waals surface area (Å²) in [5.74, 6) is -0.202. The maximum atomic E-state index is 12.3. The fourth-order valence-electron chi connectivity index (χ4n) is 2.48. The number of piperazine rings is 1. The Morgan fingerprint density at radius 2 is 1.75 bits per heavy atom. The molecule has 3 heterocycles. The lowest BCUT2D eigenvalue weighted by molar-refractivity contribution is -0.143. The van der Waals surface area contributed by atoms with Gasteiger partial charge in [-0.2, -0.15) is 0 Å². The van der Waals surface area contributed by atoms with E-state index in [2.05, 4.69) is 20.3 Å². The van der Waals surface area contributed by atoms with Crippen molar-refractivity contribution < 1.29 is 9.59 Å². The molecule has 1 saturated heterocycles. The summed E-state index contributed by atoms with van der Waals surface area (Å²) < 4.78 is 0. The molecular weight excluding hydrogens is 308 g/mol. The van der Waals surface area contributed by atoms with E-state index >= 15 is 0 Å². The fraction of sp³-hybridized carbons (Fsp3) is 0.312. The minimum atomic E-state index is -0.669. The smallest absolute Gasteiger partial charge is 0.315 e. The Labute approximate surface area is 139 Å². The highest BCUT2D eigenvalue weighted by Crippen LogP contribution is 2.11. The Morgan fingerprint density at radius 3 is 2.42 bits per heavy atom. The Balaban J connectivity index is 1.56. The van der Waals surface area contributed by atoms with Crippen molar-refractivity contribution in [3.8, 4) is 0 Å². The molecular formula is C16H18N6O2. The van der Waals surface area contributed by atoms with Gasteiger partial charge in [-0.25, -0.2) is 15.0 Å². The van der Waals surface area contributed by atoms with E-state index in [1.807, 2.05) is 17.9 Å².